The molecule has 4 heteroatoms. The SMILES string of the molecule is CC.COC(=O)c1cnc(Cl)c(C)c1. The van der Waals surface area contributed by atoms with Gasteiger partial charge in [-0.2, -0.15) is 0 Å². The van der Waals surface area contributed by atoms with Gasteiger partial charge in [0.05, 0.1) is 12.7 Å². The monoisotopic (exact) mass is 215 g/mol. The Bertz CT molecular complexity index is 313. The van der Waals surface area contributed by atoms with Gasteiger partial charge in [-0.1, -0.05) is 25.4 Å². The van der Waals surface area contributed by atoms with Crippen LogP contribution in [0.15, 0.2) is 12.3 Å². The van der Waals surface area contributed by atoms with E-state index in [9.17, 15) is 4.79 Å². The zero-order chi connectivity index (χ0) is 11.1. The lowest BCUT2D eigenvalue weighted by Gasteiger charge is -2.00. The van der Waals surface area contributed by atoms with E-state index in [-0.39, 0.29) is 0 Å². The van der Waals surface area contributed by atoms with Gasteiger partial charge in [-0.15, -0.1) is 0 Å². The van der Waals surface area contributed by atoms with Crippen LogP contribution in [0, 0.1) is 6.92 Å². The molecule has 0 bridgehead atoms. The summed E-state index contributed by atoms with van der Waals surface area (Å²) in [5.74, 6) is -0.401. The molecule has 1 aromatic heterocycles. The molecular formula is C10H14ClNO2. The molecule has 0 saturated carbocycles. The van der Waals surface area contributed by atoms with Gasteiger partial charge in [0.2, 0.25) is 0 Å². The normalized spacial score (nSPS) is 8.64. The summed E-state index contributed by atoms with van der Waals surface area (Å²) < 4.78 is 4.51. The van der Waals surface area contributed by atoms with Crippen LogP contribution < -0.4 is 0 Å². The molecule has 1 rings (SSSR count). The number of carbonyl (C=O) groups excluding carboxylic acids is 1. The van der Waals surface area contributed by atoms with Gasteiger partial charge in [0.1, 0.15) is 5.15 Å². The van der Waals surface area contributed by atoms with Gasteiger partial charge in [-0.05, 0) is 18.6 Å². The maximum absolute atomic E-state index is 11.0. The van der Waals surface area contributed by atoms with Crippen molar-refractivity contribution >= 4 is 17.6 Å². The lowest BCUT2D eigenvalue weighted by Crippen LogP contribution is -2.02. The predicted octanol–water partition coefficient (Wildman–Crippen LogP) is 2.86. The van der Waals surface area contributed by atoms with E-state index in [1.807, 2.05) is 13.8 Å². The van der Waals surface area contributed by atoms with E-state index in [0.717, 1.165) is 5.56 Å². The first kappa shape index (κ1) is 12.9. The standard InChI is InChI=1S/C8H8ClNO2.C2H6/c1-5-3-6(8(11)12-2)4-10-7(5)9;1-2/h3-4H,1-2H3;1-2H3. The number of esters is 1. The largest absolute Gasteiger partial charge is 0.465 e. The zero-order valence-corrected chi connectivity index (χ0v) is 9.55. The third kappa shape index (κ3) is 3.34. The smallest absolute Gasteiger partial charge is 0.339 e. The maximum atomic E-state index is 11.0. The number of hydrogen-bond acceptors (Lipinski definition) is 3. The summed E-state index contributed by atoms with van der Waals surface area (Å²) in [6, 6.07) is 1.64. The molecular weight excluding hydrogens is 202 g/mol. The van der Waals surface area contributed by atoms with E-state index in [2.05, 4.69) is 9.72 Å². The topological polar surface area (TPSA) is 39.2 Å². The highest BCUT2D eigenvalue weighted by molar-refractivity contribution is 6.30. The highest BCUT2D eigenvalue weighted by Crippen LogP contribution is 2.12. The van der Waals surface area contributed by atoms with E-state index in [1.165, 1.54) is 13.3 Å². The number of halogens is 1. The molecule has 0 spiro atoms. The molecule has 0 N–H and O–H groups in total. The minimum absolute atomic E-state index is 0.401. The van der Waals surface area contributed by atoms with Crippen molar-refractivity contribution in [2.24, 2.45) is 0 Å². The number of hydrogen-bond donors (Lipinski definition) is 0. The van der Waals surface area contributed by atoms with Gasteiger partial charge < -0.3 is 4.74 Å². The Morgan fingerprint density at radius 1 is 1.50 bits per heavy atom. The summed E-state index contributed by atoms with van der Waals surface area (Å²) in [6.45, 7) is 5.78. The Balaban J connectivity index is 0.000000791. The first-order valence-corrected chi connectivity index (χ1v) is 4.73. The highest BCUT2D eigenvalue weighted by atomic mass is 35.5. The van der Waals surface area contributed by atoms with Gasteiger partial charge in [-0.3, -0.25) is 0 Å². The van der Waals surface area contributed by atoms with E-state index < -0.39 is 5.97 Å². The molecule has 3 nitrogen and oxygen atoms in total. The first-order valence-electron chi connectivity index (χ1n) is 4.35. The molecule has 0 fully saturated rings. The van der Waals surface area contributed by atoms with Crippen molar-refractivity contribution in [1.29, 1.82) is 0 Å². The molecule has 1 aromatic rings. The Labute approximate surface area is 89.1 Å². The van der Waals surface area contributed by atoms with Crippen molar-refractivity contribution in [3.8, 4) is 0 Å². The van der Waals surface area contributed by atoms with E-state index in [1.54, 1.807) is 13.0 Å². The second-order valence-electron chi connectivity index (χ2n) is 2.32. The van der Waals surface area contributed by atoms with Gasteiger partial charge in [0.15, 0.2) is 0 Å². The van der Waals surface area contributed by atoms with Crippen molar-refractivity contribution in [2.75, 3.05) is 7.11 Å². The number of nitrogens with zero attached hydrogens (tertiary/aromatic N) is 1. The minimum Gasteiger partial charge on any atom is -0.465 e. The Morgan fingerprint density at radius 3 is 2.50 bits per heavy atom. The number of pyridine rings is 1. The minimum atomic E-state index is -0.401. The third-order valence-electron chi connectivity index (χ3n) is 1.44. The molecule has 14 heavy (non-hydrogen) atoms. The predicted molar refractivity (Wildman–Crippen MR) is 56.7 cm³/mol. The fraction of sp³-hybridized carbons (Fsp3) is 0.400. The third-order valence-corrected chi connectivity index (χ3v) is 1.83. The molecule has 0 amide bonds. The number of carbonyl (C=O) groups is 1. The average molecular weight is 216 g/mol. The van der Waals surface area contributed by atoms with E-state index in [0.29, 0.717) is 10.7 Å². The molecule has 0 aromatic carbocycles. The number of methoxy groups -OCH3 is 1. The lowest BCUT2D eigenvalue weighted by atomic mass is 10.2. The number of aryl methyl sites for hydroxylation is 1. The van der Waals surface area contributed by atoms with Crippen molar-refractivity contribution in [3.63, 3.8) is 0 Å². The fourth-order valence-electron chi connectivity index (χ4n) is 0.788. The van der Waals surface area contributed by atoms with Gasteiger partial charge >= 0.3 is 5.97 Å². The summed E-state index contributed by atoms with van der Waals surface area (Å²) in [5, 5.41) is 0.405. The van der Waals surface area contributed by atoms with Crippen LogP contribution in [0.2, 0.25) is 5.15 Å². The molecule has 0 atom stereocenters. The summed E-state index contributed by atoms with van der Waals surface area (Å²) in [6.07, 6.45) is 1.39. The molecule has 0 saturated heterocycles. The summed E-state index contributed by atoms with van der Waals surface area (Å²) >= 11 is 5.67. The summed E-state index contributed by atoms with van der Waals surface area (Å²) in [5.41, 5.74) is 1.18. The quantitative estimate of drug-likeness (QED) is 0.534. The number of ether oxygens (including phenoxy) is 1. The molecule has 78 valence electrons. The van der Waals surface area contributed by atoms with Crippen molar-refractivity contribution in [1.82, 2.24) is 4.98 Å². The van der Waals surface area contributed by atoms with Crippen LogP contribution in [0.3, 0.4) is 0 Å². The van der Waals surface area contributed by atoms with Crippen molar-refractivity contribution in [2.45, 2.75) is 20.8 Å². The van der Waals surface area contributed by atoms with Crippen molar-refractivity contribution < 1.29 is 9.53 Å². The van der Waals surface area contributed by atoms with E-state index in [4.69, 9.17) is 11.6 Å². The summed E-state index contributed by atoms with van der Waals surface area (Å²) in [7, 11) is 1.33. The molecule has 0 aliphatic rings. The number of rotatable bonds is 1. The van der Waals surface area contributed by atoms with Crippen molar-refractivity contribution in [3.05, 3.63) is 28.5 Å². The van der Waals surface area contributed by atoms with Gasteiger partial charge in [0.25, 0.3) is 0 Å². The second kappa shape index (κ2) is 6.38. The Morgan fingerprint density at radius 2 is 2.07 bits per heavy atom. The Kier molecular flexibility index (Phi) is 5.88. The highest BCUT2D eigenvalue weighted by Gasteiger charge is 2.06. The lowest BCUT2D eigenvalue weighted by molar-refractivity contribution is 0.0600. The van der Waals surface area contributed by atoms with E-state index >= 15 is 0 Å². The van der Waals surface area contributed by atoms with Crippen LogP contribution in [-0.4, -0.2) is 18.1 Å². The molecule has 0 unspecified atom stereocenters. The zero-order valence-electron chi connectivity index (χ0n) is 8.80. The van der Waals surface area contributed by atoms with Gasteiger partial charge in [0, 0.05) is 6.20 Å². The average Bonchev–Trinajstić information content (AvgIpc) is 2.24. The number of aromatic nitrogens is 1. The van der Waals surface area contributed by atoms with Crippen LogP contribution in [0.25, 0.3) is 0 Å². The molecule has 0 aliphatic carbocycles. The second-order valence-corrected chi connectivity index (χ2v) is 2.68. The first-order chi connectivity index (χ1) is 6.65. The maximum Gasteiger partial charge on any atom is 0.339 e. The van der Waals surface area contributed by atoms with Crippen LogP contribution in [0.5, 0.6) is 0 Å². The van der Waals surface area contributed by atoms with Crippen LogP contribution in [0.4, 0.5) is 0 Å². The van der Waals surface area contributed by atoms with Crippen LogP contribution >= 0.6 is 11.6 Å². The summed E-state index contributed by atoms with van der Waals surface area (Å²) in [4.78, 5) is 14.8. The Hall–Kier alpha value is -1.09. The van der Waals surface area contributed by atoms with Crippen LogP contribution in [0.1, 0.15) is 29.8 Å². The van der Waals surface area contributed by atoms with Crippen LogP contribution in [-0.2, 0) is 4.74 Å². The molecule has 1 heterocycles. The molecule has 0 aliphatic heterocycles. The van der Waals surface area contributed by atoms with Gasteiger partial charge in [-0.25, -0.2) is 9.78 Å². The fourth-order valence-corrected chi connectivity index (χ4v) is 0.891. The molecule has 0 radical (unpaired) electrons.